The van der Waals surface area contributed by atoms with Gasteiger partial charge >= 0.3 is 0 Å². The minimum Gasteiger partial charge on any atom is -0.354 e. The van der Waals surface area contributed by atoms with E-state index in [1.165, 1.54) is 0 Å². The highest BCUT2D eigenvalue weighted by Gasteiger charge is 2.18. The van der Waals surface area contributed by atoms with Crippen molar-refractivity contribution in [2.45, 2.75) is 197 Å². The molecular weight excluding hydrogens is 1750 g/mol. The summed E-state index contributed by atoms with van der Waals surface area (Å²) in [6, 6.07) is 47.5. The van der Waals surface area contributed by atoms with Crippen molar-refractivity contribution in [1.29, 1.82) is 0 Å². The topological polar surface area (TPSA) is 511 Å². The summed E-state index contributed by atoms with van der Waals surface area (Å²) in [6.45, 7) is 26.0. The Bertz CT molecular complexity index is 5060. The molecule has 0 saturated carbocycles. The number of hydrogen-bond acceptors (Lipinski definition) is 41. The average Bonchev–Trinajstić information content (AvgIpc) is 0.831. The van der Waals surface area contributed by atoms with E-state index in [2.05, 4.69) is 232 Å². The summed E-state index contributed by atoms with van der Waals surface area (Å²) < 4.78 is 0. The Morgan fingerprint density at radius 1 is 0.153 bits per heavy atom. The van der Waals surface area contributed by atoms with Crippen molar-refractivity contribution in [2.75, 3.05) is 159 Å². The fourth-order valence-corrected chi connectivity index (χ4v) is 13.3. The van der Waals surface area contributed by atoms with Gasteiger partial charge in [-0.15, -0.1) is 0 Å². The van der Waals surface area contributed by atoms with E-state index in [1.807, 2.05) is 146 Å². The largest absolute Gasteiger partial charge is 0.354 e. The van der Waals surface area contributed by atoms with Gasteiger partial charge in [-0.2, -0.15) is 105 Å². The number of nitrogens with one attached hydrogen (secondary N) is 20. The highest BCUT2D eigenvalue weighted by Crippen LogP contribution is 2.28. The smallest absolute Gasteiger partial charge is 0.233 e. The van der Waals surface area contributed by atoms with E-state index >= 15 is 0 Å². The van der Waals surface area contributed by atoms with Crippen LogP contribution >= 0.6 is 11.6 Å². The molecule has 0 atom stereocenters. The van der Waals surface area contributed by atoms with Gasteiger partial charge in [0.1, 0.15) is 0 Å². The summed E-state index contributed by atoms with van der Waals surface area (Å²) in [5.74, 6) is 8.48. The van der Waals surface area contributed by atoms with E-state index < -0.39 is 0 Å². The molecule has 0 fully saturated rings. The molecule has 13 aromatic rings. The predicted octanol–water partition coefficient (Wildman–Crippen LogP) is 19.5. The first-order valence-electron chi connectivity index (χ1n) is 47.7. The van der Waals surface area contributed by atoms with Crippen LogP contribution < -0.4 is 106 Å². The Balaban J connectivity index is 0.651. The summed E-state index contributed by atoms with van der Waals surface area (Å²) >= 11 is 6.60. The quantitative estimate of drug-likeness (QED) is 0.0157. The lowest BCUT2D eigenvalue weighted by atomic mass is 10.2. The highest BCUT2D eigenvalue weighted by atomic mass is 35.5. The molecule has 0 bridgehead atoms. The molecule has 41 nitrogen and oxygen atoms in total. The molecule has 20 N–H and O–H groups in total. The van der Waals surface area contributed by atoms with Crippen LogP contribution in [0, 0.1) is 0 Å². The number of rotatable bonds is 62. The van der Waals surface area contributed by atoms with Crippen molar-refractivity contribution < 1.29 is 0 Å². The minimum atomic E-state index is -0.00953. The van der Waals surface area contributed by atoms with Gasteiger partial charge in [0, 0.05) is 126 Å². The second kappa shape index (κ2) is 54.1. The molecule has 0 radical (unpaired) electrons. The highest BCUT2D eigenvalue weighted by molar-refractivity contribution is 6.28. The van der Waals surface area contributed by atoms with Gasteiger partial charge in [-0.3, -0.25) is 0 Å². The molecule has 13 rings (SSSR count). The number of aromatic nitrogens is 21. The number of halogens is 1. The molecule has 0 aliphatic heterocycles. The van der Waals surface area contributed by atoms with Gasteiger partial charge in [0.25, 0.3) is 0 Å². The Hall–Kier alpha value is -15.3. The van der Waals surface area contributed by atoms with Crippen LogP contribution in [-0.2, 0) is 39.3 Å². The Morgan fingerprint density at radius 3 is 0.409 bits per heavy atom. The van der Waals surface area contributed by atoms with E-state index in [9.17, 15) is 0 Å². The number of nitrogens with zero attached hydrogens (tertiary/aromatic N) is 21. The van der Waals surface area contributed by atoms with Crippen molar-refractivity contribution in [3.8, 4) is 0 Å². The summed E-state index contributed by atoms with van der Waals surface area (Å²) in [5, 5.41) is 67.4. The van der Waals surface area contributed by atoms with Gasteiger partial charge in [0.2, 0.25) is 124 Å². The third-order valence-corrected chi connectivity index (χ3v) is 21.1. The Kier molecular flexibility index (Phi) is 39.2. The van der Waals surface area contributed by atoms with Gasteiger partial charge in [-0.1, -0.05) is 180 Å². The molecule has 0 aliphatic rings. The molecule has 0 spiro atoms. The molecule has 7 aromatic heterocycles. The molecule has 0 amide bonds. The van der Waals surface area contributed by atoms with Crippen LogP contribution in [0.15, 0.2) is 146 Å². The average molecular weight is 1880 g/mol. The second-order valence-electron chi connectivity index (χ2n) is 32.4. The summed E-state index contributed by atoms with van der Waals surface area (Å²) in [5.41, 5.74) is 10.3. The van der Waals surface area contributed by atoms with Crippen LogP contribution in [-0.4, -0.2) is 157 Å². The second-order valence-corrected chi connectivity index (χ2v) is 32.7. The zero-order valence-corrected chi connectivity index (χ0v) is 80.1. The van der Waals surface area contributed by atoms with E-state index in [-0.39, 0.29) is 17.2 Å². The maximum Gasteiger partial charge on any atom is 0.233 e. The molecule has 7 heterocycles. The van der Waals surface area contributed by atoms with Gasteiger partial charge < -0.3 is 106 Å². The maximum atomic E-state index is 6.60. The monoisotopic (exact) mass is 1880 g/mol. The SMILES string of the molecule is CCCCNc1nc(NCCCC)nc(NCc2ccc(Nc3nc(NCc4ccc(Nc5nc(Cl)nc(Nc6ccc(CNc7nc(Nc8ccc(CNc9nc(NCCCC)nc(NCCCC)n9)cc8)nc(Nc8ccc(CNc9nc(NCCCC)nc(NCCCC)n9)cc8)n7)cc6)n5)cc4)nc(Nc4ccc(CNc5nc(NCCCC)nc(NCCCC)n5)cc4)n3)cc2)n1. The molecule has 0 unspecified atom stereocenters. The zero-order valence-electron chi connectivity index (χ0n) is 79.3. The third kappa shape index (κ3) is 34.3. The van der Waals surface area contributed by atoms with Crippen LogP contribution in [0.3, 0.4) is 0 Å². The first-order valence-corrected chi connectivity index (χ1v) is 48.1. The van der Waals surface area contributed by atoms with Crippen molar-refractivity contribution in [3.05, 3.63) is 184 Å². The number of benzene rings is 6. The first-order chi connectivity index (χ1) is 67.2. The first kappa shape index (κ1) is 99.2. The zero-order chi connectivity index (χ0) is 95.2. The van der Waals surface area contributed by atoms with Crippen molar-refractivity contribution in [2.24, 2.45) is 0 Å². The van der Waals surface area contributed by atoms with Gasteiger partial charge in [-0.05, 0) is 169 Å². The number of unbranched alkanes of at least 4 members (excludes halogenated alkanes) is 8. The van der Waals surface area contributed by atoms with Gasteiger partial charge in [-0.25, -0.2) is 0 Å². The van der Waals surface area contributed by atoms with Crippen molar-refractivity contribution >= 4 is 165 Å². The minimum absolute atomic E-state index is 0.00953. The summed E-state index contributed by atoms with van der Waals surface area (Å²) in [6.07, 6.45) is 16.5. The lowest BCUT2D eigenvalue weighted by Gasteiger charge is -2.13. The van der Waals surface area contributed by atoms with Gasteiger partial charge in [0.05, 0.1) is 0 Å². The lowest BCUT2D eigenvalue weighted by molar-refractivity contribution is 0.814. The number of hydrogen-bond donors (Lipinski definition) is 20. The van der Waals surface area contributed by atoms with E-state index in [0.717, 1.165) is 211 Å². The van der Waals surface area contributed by atoms with E-state index in [4.69, 9.17) is 46.5 Å². The molecule has 720 valence electrons. The number of anilines is 26. The Labute approximate surface area is 805 Å². The maximum absolute atomic E-state index is 6.60. The van der Waals surface area contributed by atoms with Gasteiger partial charge in [0.15, 0.2) is 0 Å². The molecule has 137 heavy (non-hydrogen) atoms. The lowest BCUT2D eigenvalue weighted by Crippen LogP contribution is -2.13. The molecule has 6 aromatic carbocycles. The van der Waals surface area contributed by atoms with Crippen molar-refractivity contribution in [3.63, 3.8) is 0 Å². The van der Waals surface area contributed by atoms with Crippen LogP contribution in [0.5, 0.6) is 0 Å². The molecule has 0 aliphatic carbocycles. The van der Waals surface area contributed by atoms with E-state index in [1.54, 1.807) is 0 Å². The summed E-state index contributed by atoms with van der Waals surface area (Å²) in [4.78, 5) is 98.4. The fraction of sp³-hybridized carbons (Fsp3) is 0.400. The van der Waals surface area contributed by atoms with Crippen LogP contribution in [0.25, 0.3) is 0 Å². The fourth-order valence-electron chi connectivity index (χ4n) is 13.2. The molecule has 42 heteroatoms. The van der Waals surface area contributed by atoms with Crippen LogP contribution in [0.2, 0.25) is 5.28 Å². The van der Waals surface area contributed by atoms with Crippen LogP contribution in [0.4, 0.5) is 153 Å². The van der Waals surface area contributed by atoms with Crippen LogP contribution in [0.1, 0.15) is 192 Å². The van der Waals surface area contributed by atoms with E-state index in [0.29, 0.717) is 158 Å². The third-order valence-electron chi connectivity index (χ3n) is 20.9. The normalized spacial score (nSPS) is 11.0. The Morgan fingerprint density at radius 2 is 0.270 bits per heavy atom. The van der Waals surface area contributed by atoms with Crippen molar-refractivity contribution in [1.82, 2.24) is 105 Å². The molecular formula is C95H128ClN41. The predicted molar refractivity (Wildman–Crippen MR) is 553 cm³/mol. The standard InChI is InChI=1S/C95H128ClN41/c1-9-17-49-97-76-119-77(98-50-18-10-2)124-84(123-76)105-57-63-29-41-71(42-30-63)113-92-131-88(132-93(136-92)114-72-43-31-64(32-44-72)58-106-85-125-78(99-51-19-11-3)120-79(126-85)100-52-20-12-4)109-61-67-25-37-69(38-26-67)111-90-117-75(96)118-91(135-90)112-70-39-27-68(28-40-70)62-110-89-133-94(115-73-45-33-65(34-46-73)59-107-86-127-80(101-53-21-13-5)121-81(128-86)102-54-22-14-6)137-95(134-89)116-74-47-35-66(36-48-74)60-108-87-129-82(103-55-23-15-7)122-83(130-87)104-56-24-16-8/h25-48H,9-24,49-62H2,1-8H3,(H2,111,112,117,118,135)(H3,97,98,105,119,123,124)(H3,99,100,106,120,125,126)(H3,101,102,107,121,127,128)(H3,103,104,108,122,129,130)(H3,109,113,114,131,132,136)(H3,110,115,116,133,134,137). The summed E-state index contributed by atoms with van der Waals surface area (Å²) in [7, 11) is 0. The molecule has 0 saturated heterocycles.